The summed E-state index contributed by atoms with van der Waals surface area (Å²) < 4.78 is 11.4. The van der Waals surface area contributed by atoms with E-state index in [9.17, 15) is 0 Å². The normalized spacial score (nSPS) is 24.9. The molecule has 0 saturated heterocycles. The quantitative estimate of drug-likeness (QED) is 0.910. The van der Waals surface area contributed by atoms with Crippen molar-refractivity contribution in [2.24, 2.45) is 0 Å². The minimum absolute atomic E-state index is 0.216. The molecule has 0 aliphatic heterocycles. The zero-order chi connectivity index (χ0) is 13.2. The Morgan fingerprint density at radius 3 is 2.95 bits per heavy atom. The zero-order valence-corrected chi connectivity index (χ0v) is 11.6. The second-order valence-electron chi connectivity index (χ2n) is 5.39. The van der Waals surface area contributed by atoms with Crippen LogP contribution in [0, 0.1) is 0 Å². The molecule has 1 aromatic carbocycles. The lowest BCUT2D eigenvalue weighted by atomic mass is 10.1. The average molecular weight is 259 g/mol. The number of fused-ring (bicyclic) bond motifs is 1. The molecule has 0 bridgehead atoms. The number of benzene rings is 1. The molecule has 3 nitrogen and oxygen atoms in total. The van der Waals surface area contributed by atoms with Crippen molar-refractivity contribution in [1.82, 2.24) is 5.32 Å². The third kappa shape index (κ3) is 2.53. The van der Waals surface area contributed by atoms with Gasteiger partial charge in [-0.15, -0.1) is 0 Å². The molecular formula is C16H21NO2. The van der Waals surface area contributed by atoms with Crippen molar-refractivity contribution in [3.8, 4) is 0 Å². The molecule has 3 heteroatoms. The molecule has 1 aromatic heterocycles. The SMILES string of the molecule is COC1CCCC1NC(C)c1cc2ccccc2o1. The van der Waals surface area contributed by atoms with E-state index in [-0.39, 0.29) is 6.04 Å². The van der Waals surface area contributed by atoms with Crippen LogP contribution in [0.5, 0.6) is 0 Å². The molecule has 1 N–H and O–H groups in total. The van der Waals surface area contributed by atoms with Crippen molar-refractivity contribution in [2.75, 3.05) is 7.11 Å². The van der Waals surface area contributed by atoms with Gasteiger partial charge in [0.25, 0.3) is 0 Å². The lowest BCUT2D eigenvalue weighted by Gasteiger charge is -2.23. The number of para-hydroxylation sites is 1. The third-order valence-corrected chi connectivity index (χ3v) is 4.09. The van der Waals surface area contributed by atoms with Gasteiger partial charge in [-0.2, -0.15) is 0 Å². The Labute approximate surface area is 113 Å². The summed E-state index contributed by atoms with van der Waals surface area (Å²) in [6, 6.07) is 10.9. The molecule has 1 aliphatic rings. The summed E-state index contributed by atoms with van der Waals surface area (Å²) in [6.07, 6.45) is 3.92. The summed E-state index contributed by atoms with van der Waals surface area (Å²) in [4.78, 5) is 0. The topological polar surface area (TPSA) is 34.4 Å². The molecule has 102 valence electrons. The molecule has 2 aromatic rings. The molecule has 3 atom stereocenters. The number of hydrogen-bond acceptors (Lipinski definition) is 3. The number of hydrogen-bond donors (Lipinski definition) is 1. The molecule has 19 heavy (non-hydrogen) atoms. The Morgan fingerprint density at radius 1 is 1.32 bits per heavy atom. The van der Waals surface area contributed by atoms with Crippen molar-refractivity contribution in [2.45, 2.75) is 44.4 Å². The van der Waals surface area contributed by atoms with Gasteiger partial charge in [-0.25, -0.2) is 0 Å². The third-order valence-electron chi connectivity index (χ3n) is 4.09. The van der Waals surface area contributed by atoms with E-state index >= 15 is 0 Å². The standard InChI is InChI=1S/C16H21NO2/c1-11(17-13-7-5-9-15(13)18-2)16-10-12-6-3-4-8-14(12)19-16/h3-4,6,8,10-11,13,15,17H,5,7,9H2,1-2H3. The summed E-state index contributed by atoms with van der Waals surface area (Å²) in [6.45, 7) is 2.16. The van der Waals surface area contributed by atoms with E-state index in [4.69, 9.17) is 9.15 Å². The van der Waals surface area contributed by atoms with E-state index in [0.29, 0.717) is 12.1 Å². The second kappa shape index (κ2) is 5.35. The molecule has 0 radical (unpaired) electrons. The van der Waals surface area contributed by atoms with Gasteiger partial charge in [0.2, 0.25) is 0 Å². The Balaban J connectivity index is 1.74. The Hall–Kier alpha value is -1.32. The maximum Gasteiger partial charge on any atom is 0.134 e. The minimum Gasteiger partial charge on any atom is -0.459 e. The zero-order valence-electron chi connectivity index (χ0n) is 11.6. The second-order valence-corrected chi connectivity index (χ2v) is 5.39. The van der Waals surface area contributed by atoms with E-state index in [1.165, 1.54) is 18.2 Å². The minimum atomic E-state index is 0.216. The van der Waals surface area contributed by atoms with Crippen LogP contribution < -0.4 is 5.32 Å². The average Bonchev–Trinajstić information content (AvgIpc) is 3.03. The first-order valence-electron chi connectivity index (χ1n) is 7.05. The first kappa shape index (κ1) is 12.7. The molecule has 0 amide bonds. The highest BCUT2D eigenvalue weighted by atomic mass is 16.5. The van der Waals surface area contributed by atoms with Gasteiger partial charge in [-0.05, 0) is 38.3 Å². The fourth-order valence-corrected chi connectivity index (χ4v) is 3.02. The van der Waals surface area contributed by atoms with Crippen LogP contribution in [-0.4, -0.2) is 19.3 Å². The van der Waals surface area contributed by atoms with Gasteiger partial charge in [-0.3, -0.25) is 0 Å². The number of ether oxygens (including phenoxy) is 1. The summed E-state index contributed by atoms with van der Waals surface area (Å²) in [5.74, 6) is 1.00. The van der Waals surface area contributed by atoms with Crippen LogP contribution in [0.25, 0.3) is 11.0 Å². The number of methoxy groups -OCH3 is 1. The van der Waals surface area contributed by atoms with E-state index in [0.717, 1.165) is 17.8 Å². The van der Waals surface area contributed by atoms with Crippen molar-refractivity contribution in [3.63, 3.8) is 0 Å². The van der Waals surface area contributed by atoms with E-state index < -0.39 is 0 Å². The van der Waals surface area contributed by atoms with Crippen LogP contribution in [0.2, 0.25) is 0 Å². The summed E-state index contributed by atoms with van der Waals surface area (Å²) in [5, 5.41) is 4.81. The van der Waals surface area contributed by atoms with E-state index in [1.54, 1.807) is 7.11 Å². The maximum absolute atomic E-state index is 5.91. The summed E-state index contributed by atoms with van der Waals surface area (Å²) in [7, 11) is 1.80. The smallest absolute Gasteiger partial charge is 0.134 e. The van der Waals surface area contributed by atoms with Crippen LogP contribution >= 0.6 is 0 Å². The highest BCUT2D eigenvalue weighted by Gasteiger charge is 2.28. The van der Waals surface area contributed by atoms with Crippen LogP contribution in [0.3, 0.4) is 0 Å². The van der Waals surface area contributed by atoms with Gasteiger partial charge in [0.15, 0.2) is 0 Å². The van der Waals surface area contributed by atoms with Gasteiger partial charge in [-0.1, -0.05) is 18.2 Å². The lowest BCUT2D eigenvalue weighted by molar-refractivity contribution is 0.0811. The van der Waals surface area contributed by atoms with Crippen molar-refractivity contribution < 1.29 is 9.15 Å². The Kier molecular flexibility index (Phi) is 3.58. The Morgan fingerprint density at radius 2 is 2.16 bits per heavy atom. The first-order valence-corrected chi connectivity index (χ1v) is 7.05. The molecule has 1 saturated carbocycles. The van der Waals surface area contributed by atoms with Crippen LogP contribution in [0.15, 0.2) is 34.7 Å². The summed E-state index contributed by atoms with van der Waals surface area (Å²) in [5.41, 5.74) is 0.959. The van der Waals surface area contributed by atoms with Gasteiger partial charge < -0.3 is 14.5 Å². The molecule has 1 fully saturated rings. The fourth-order valence-electron chi connectivity index (χ4n) is 3.02. The molecule has 1 heterocycles. The highest BCUT2D eigenvalue weighted by molar-refractivity contribution is 5.77. The number of furan rings is 1. The van der Waals surface area contributed by atoms with Crippen molar-refractivity contribution >= 4 is 11.0 Å². The first-order chi connectivity index (χ1) is 9.28. The maximum atomic E-state index is 5.91. The van der Waals surface area contributed by atoms with Crippen molar-refractivity contribution in [1.29, 1.82) is 0 Å². The van der Waals surface area contributed by atoms with E-state index in [2.05, 4.69) is 24.4 Å². The molecule has 0 spiro atoms. The molecular weight excluding hydrogens is 238 g/mol. The number of nitrogens with one attached hydrogen (secondary N) is 1. The van der Waals surface area contributed by atoms with E-state index in [1.807, 2.05) is 18.2 Å². The van der Waals surface area contributed by atoms with Crippen LogP contribution in [-0.2, 0) is 4.74 Å². The van der Waals surface area contributed by atoms with Gasteiger partial charge >= 0.3 is 0 Å². The lowest BCUT2D eigenvalue weighted by Crippen LogP contribution is -2.38. The van der Waals surface area contributed by atoms with Gasteiger partial charge in [0, 0.05) is 18.5 Å². The summed E-state index contributed by atoms with van der Waals surface area (Å²) >= 11 is 0. The molecule has 3 unspecified atom stereocenters. The molecule has 1 aliphatic carbocycles. The predicted octanol–water partition coefficient (Wildman–Crippen LogP) is 3.65. The number of rotatable bonds is 4. The monoisotopic (exact) mass is 259 g/mol. The van der Waals surface area contributed by atoms with Crippen molar-refractivity contribution in [3.05, 3.63) is 36.1 Å². The largest absolute Gasteiger partial charge is 0.459 e. The molecule has 3 rings (SSSR count). The van der Waals surface area contributed by atoms with Crippen LogP contribution in [0.4, 0.5) is 0 Å². The Bertz CT molecular complexity index is 515. The highest BCUT2D eigenvalue weighted by Crippen LogP contribution is 2.27. The van der Waals surface area contributed by atoms with Crippen LogP contribution in [0.1, 0.15) is 38.0 Å². The predicted molar refractivity (Wildman–Crippen MR) is 76.2 cm³/mol. The van der Waals surface area contributed by atoms with Gasteiger partial charge in [0.1, 0.15) is 11.3 Å². The fraction of sp³-hybridized carbons (Fsp3) is 0.500. The van der Waals surface area contributed by atoms with Gasteiger partial charge in [0.05, 0.1) is 12.1 Å².